The second-order valence-corrected chi connectivity index (χ2v) is 8.99. The summed E-state index contributed by atoms with van der Waals surface area (Å²) in [5.74, 6) is 0. The van der Waals surface area contributed by atoms with E-state index in [-0.39, 0.29) is 5.54 Å². The van der Waals surface area contributed by atoms with Crippen molar-refractivity contribution in [3.63, 3.8) is 0 Å². The predicted molar refractivity (Wildman–Crippen MR) is 74.0 cm³/mol. The van der Waals surface area contributed by atoms with Crippen molar-refractivity contribution in [1.29, 1.82) is 0 Å². The highest BCUT2D eigenvalue weighted by molar-refractivity contribution is 7.88. The molecule has 0 aliphatic carbocycles. The molecule has 0 bridgehead atoms. The lowest BCUT2D eigenvalue weighted by atomic mass is 9.78. The SMILES string of the molecule is CC(C)(C)N1CCC2(CCN(S(C)(=O)=O)CC2)C1. The zero-order valence-corrected chi connectivity index (χ0v) is 12.9. The molecule has 0 saturated carbocycles. The predicted octanol–water partition coefficient (Wildman–Crippen LogP) is 1.53. The number of likely N-dealkylation sites (tertiary alicyclic amines) is 1. The van der Waals surface area contributed by atoms with Crippen molar-refractivity contribution >= 4 is 10.0 Å². The van der Waals surface area contributed by atoms with E-state index in [4.69, 9.17) is 0 Å². The smallest absolute Gasteiger partial charge is 0.211 e. The van der Waals surface area contributed by atoms with Crippen molar-refractivity contribution in [2.75, 3.05) is 32.4 Å². The number of piperidine rings is 1. The zero-order valence-electron chi connectivity index (χ0n) is 12.1. The van der Waals surface area contributed by atoms with Gasteiger partial charge in [0.15, 0.2) is 0 Å². The molecule has 4 nitrogen and oxygen atoms in total. The van der Waals surface area contributed by atoms with Crippen molar-refractivity contribution in [2.24, 2.45) is 5.41 Å². The molecular formula is C13H26N2O2S. The fourth-order valence-electron chi connectivity index (χ4n) is 3.21. The van der Waals surface area contributed by atoms with Gasteiger partial charge in [0.05, 0.1) is 6.26 Å². The molecule has 106 valence electrons. The zero-order chi connectivity index (χ0) is 13.6. The number of hydrogen-bond donors (Lipinski definition) is 0. The summed E-state index contributed by atoms with van der Waals surface area (Å²) in [6.45, 7) is 10.5. The van der Waals surface area contributed by atoms with E-state index in [9.17, 15) is 8.42 Å². The largest absolute Gasteiger partial charge is 0.298 e. The first kappa shape index (κ1) is 14.3. The van der Waals surface area contributed by atoms with E-state index in [1.807, 2.05) is 0 Å². The van der Waals surface area contributed by atoms with Crippen LogP contribution >= 0.6 is 0 Å². The van der Waals surface area contributed by atoms with E-state index in [0.29, 0.717) is 18.5 Å². The molecule has 0 atom stereocenters. The van der Waals surface area contributed by atoms with Gasteiger partial charge in [0, 0.05) is 25.2 Å². The number of rotatable bonds is 1. The molecule has 0 aromatic rings. The first-order chi connectivity index (χ1) is 8.12. The average Bonchev–Trinajstić information content (AvgIpc) is 2.61. The fraction of sp³-hybridized carbons (Fsp3) is 1.00. The molecule has 2 fully saturated rings. The minimum Gasteiger partial charge on any atom is -0.298 e. The van der Waals surface area contributed by atoms with Gasteiger partial charge in [-0.05, 0) is 52.0 Å². The van der Waals surface area contributed by atoms with Crippen LogP contribution in [0.5, 0.6) is 0 Å². The van der Waals surface area contributed by atoms with Gasteiger partial charge in [-0.15, -0.1) is 0 Å². The molecule has 2 aliphatic heterocycles. The highest BCUT2D eigenvalue weighted by atomic mass is 32.2. The van der Waals surface area contributed by atoms with Crippen molar-refractivity contribution in [3.05, 3.63) is 0 Å². The van der Waals surface area contributed by atoms with Crippen LogP contribution in [0.4, 0.5) is 0 Å². The second-order valence-electron chi connectivity index (χ2n) is 7.00. The van der Waals surface area contributed by atoms with Gasteiger partial charge in [0.2, 0.25) is 10.0 Å². The van der Waals surface area contributed by atoms with Crippen LogP contribution in [-0.4, -0.2) is 55.6 Å². The van der Waals surface area contributed by atoms with Crippen LogP contribution in [0.1, 0.15) is 40.0 Å². The summed E-state index contributed by atoms with van der Waals surface area (Å²) in [5, 5.41) is 0. The summed E-state index contributed by atoms with van der Waals surface area (Å²) in [6, 6.07) is 0. The van der Waals surface area contributed by atoms with Crippen LogP contribution in [0.2, 0.25) is 0 Å². The Kier molecular flexibility index (Phi) is 3.54. The Morgan fingerprint density at radius 1 is 1.00 bits per heavy atom. The Labute approximate surface area is 111 Å². The lowest BCUT2D eigenvalue weighted by molar-refractivity contribution is 0.115. The third kappa shape index (κ3) is 2.89. The van der Waals surface area contributed by atoms with Crippen molar-refractivity contribution < 1.29 is 8.42 Å². The summed E-state index contributed by atoms with van der Waals surface area (Å²) < 4.78 is 24.7. The van der Waals surface area contributed by atoms with Crippen molar-refractivity contribution in [2.45, 2.75) is 45.6 Å². The number of nitrogens with zero attached hydrogens (tertiary/aromatic N) is 2. The first-order valence-corrected chi connectivity index (χ1v) is 8.68. The fourth-order valence-corrected chi connectivity index (χ4v) is 4.05. The average molecular weight is 274 g/mol. The Balaban J connectivity index is 1.98. The third-order valence-electron chi connectivity index (χ3n) is 4.64. The van der Waals surface area contributed by atoms with Crippen LogP contribution < -0.4 is 0 Å². The minimum atomic E-state index is -2.99. The summed E-state index contributed by atoms with van der Waals surface area (Å²) >= 11 is 0. The maximum Gasteiger partial charge on any atom is 0.211 e. The van der Waals surface area contributed by atoms with Gasteiger partial charge >= 0.3 is 0 Å². The number of hydrogen-bond acceptors (Lipinski definition) is 3. The molecule has 2 saturated heterocycles. The van der Waals surface area contributed by atoms with Gasteiger partial charge in [0.25, 0.3) is 0 Å². The van der Waals surface area contributed by atoms with E-state index < -0.39 is 10.0 Å². The maximum absolute atomic E-state index is 11.5. The van der Waals surface area contributed by atoms with Gasteiger partial charge in [-0.2, -0.15) is 0 Å². The van der Waals surface area contributed by atoms with Crippen LogP contribution in [0, 0.1) is 5.41 Å². The standard InChI is InChI=1S/C13H26N2O2S/c1-12(2,3)14-8-5-13(11-14)6-9-15(10-7-13)18(4,16)17/h5-11H2,1-4H3. The van der Waals surface area contributed by atoms with Crippen molar-refractivity contribution in [3.8, 4) is 0 Å². The van der Waals surface area contributed by atoms with E-state index in [2.05, 4.69) is 25.7 Å². The molecule has 1 spiro atoms. The van der Waals surface area contributed by atoms with Gasteiger partial charge in [-0.3, -0.25) is 4.90 Å². The highest BCUT2D eigenvalue weighted by Gasteiger charge is 2.44. The highest BCUT2D eigenvalue weighted by Crippen LogP contribution is 2.42. The quantitative estimate of drug-likeness (QED) is 0.728. The molecular weight excluding hydrogens is 248 g/mol. The molecule has 2 heterocycles. The van der Waals surface area contributed by atoms with Crippen LogP contribution in [-0.2, 0) is 10.0 Å². The lowest BCUT2D eigenvalue weighted by Gasteiger charge is -2.40. The number of sulfonamides is 1. The summed E-state index contributed by atoms with van der Waals surface area (Å²) in [6.07, 6.45) is 4.59. The summed E-state index contributed by atoms with van der Waals surface area (Å²) in [7, 11) is -2.99. The molecule has 18 heavy (non-hydrogen) atoms. The normalized spacial score (nSPS) is 26.9. The van der Waals surface area contributed by atoms with E-state index in [1.165, 1.54) is 12.7 Å². The molecule has 0 unspecified atom stereocenters. The van der Waals surface area contributed by atoms with Crippen molar-refractivity contribution in [1.82, 2.24) is 9.21 Å². The minimum absolute atomic E-state index is 0.234. The molecule has 5 heteroatoms. The Hall–Kier alpha value is -0.130. The summed E-state index contributed by atoms with van der Waals surface area (Å²) in [4.78, 5) is 2.54. The second kappa shape index (κ2) is 4.46. The lowest BCUT2D eigenvalue weighted by Crippen LogP contribution is -2.46. The van der Waals surface area contributed by atoms with E-state index in [1.54, 1.807) is 4.31 Å². The van der Waals surface area contributed by atoms with Crippen LogP contribution in [0.3, 0.4) is 0 Å². The van der Waals surface area contributed by atoms with E-state index >= 15 is 0 Å². The Bertz CT molecular complexity index is 403. The van der Waals surface area contributed by atoms with Gasteiger partial charge in [-0.1, -0.05) is 0 Å². The molecule has 0 amide bonds. The topological polar surface area (TPSA) is 40.6 Å². The molecule has 0 radical (unpaired) electrons. The summed E-state index contributed by atoms with van der Waals surface area (Å²) in [5.41, 5.74) is 0.603. The molecule has 0 aromatic carbocycles. The molecule has 2 aliphatic rings. The van der Waals surface area contributed by atoms with Crippen LogP contribution in [0.25, 0.3) is 0 Å². The Morgan fingerprint density at radius 3 is 1.89 bits per heavy atom. The Morgan fingerprint density at radius 2 is 1.50 bits per heavy atom. The van der Waals surface area contributed by atoms with Gasteiger partial charge in [-0.25, -0.2) is 12.7 Å². The van der Waals surface area contributed by atoms with Gasteiger partial charge in [0.1, 0.15) is 0 Å². The van der Waals surface area contributed by atoms with E-state index in [0.717, 1.165) is 25.9 Å². The molecule has 2 rings (SSSR count). The third-order valence-corrected chi connectivity index (χ3v) is 5.94. The molecule has 0 N–H and O–H groups in total. The van der Waals surface area contributed by atoms with Gasteiger partial charge < -0.3 is 0 Å². The monoisotopic (exact) mass is 274 g/mol. The maximum atomic E-state index is 11.5. The first-order valence-electron chi connectivity index (χ1n) is 6.83. The van der Waals surface area contributed by atoms with Crippen LogP contribution in [0.15, 0.2) is 0 Å². The molecule has 0 aromatic heterocycles.